The van der Waals surface area contributed by atoms with Crippen LogP contribution in [0.1, 0.15) is 11.1 Å². The van der Waals surface area contributed by atoms with E-state index < -0.39 is 4.92 Å². The van der Waals surface area contributed by atoms with E-state index in [1.54, 1.807) is 17.4 Å². The van der Waals surface area contributed by atoms with Crippen LogP contribution in [0.25, 0.3) is 21.3 Å². The molecule has 0 unspecified atom stereocenters. The van der Waals surface area contributed by atoms with E-state index in [0.717, 1.165) is 21.3 Å². The average molecular weight is 411 g/mol. The van der Waals surface area contributed by atoms with E-state index in [2.05, 4.69) is 52.7 Å². The van der Waals surface area contributed by atoms with Gasteiger partial charge in [0.05, 0.1) is 21.0 Å². The van der Waals surface area contributed by atoms with Gasteiger partial charge in [-0.25, -0.2) is 9.97 Å². The molecule has 0 radical (unpaired) electrons. The lowest BCUT2D eigenvalue weighted by atomic mass is 10.0. The van der Waals surface area contributed by atoms with E-state index in [9.17, 15) is 10.1 Å². The summed E-state index contributed by atoms with van der Waals surface area (Å²) in [6, 6.07) is 10.6. The van der Waals surface area contributed by atoms with Crippen molar-refractivity contribution < 1.29 is 4.92 Å². The molecule has 1 N–H and O–H groups in total. The Hall–Kier alpha value is -3.03. The lowest BCUT2D eigenvalue weighted by Crippen LogP contribution is -1.97. The molecule has 0 bridgehead atoms. The van der Waals surface area contributed by atoms with Gasteiger partial charge in [0.2, 0.25) is 0 Å². The molecule has 0 aliphatic rings. The van der Waals surface area contributed by atoms with Gasteiger partial charge in [-0.15, -0.1) is 11.3 Å². The Morgan fingerprint density at radius 3 is 2.64 bits per heavy atom. The topological polar surface area (TPSA) is 81.0 Å². The number of nitrogens with one attached hydrogen (secondary N) is 1. The molecule has 0 amide bonds. The van der Waals surface area contributed by atoms with Gasteiger partial charge >= 0.3 is 0 Å². The molecule has 2 aromatic heterocycles. The zero-order valence-electron chi connectivity index (χ0n) is 15.1. The van der Waals surface area contributed by atoms with Crippen molar-refractivity contribution in [1.29, 1.82) is 0 Å². The molecule has 2 heterocycles. The number of anilines is 2. The second-order valence-corrected chi connectivity index (χ2v) is 7.66. The first-order valence-corrected chi connectivity index (χ1v) is 9.70. The summed E-state index contributed by atoms with van der Waals surface area (Å²) in [5, 5.41) is 17.3. The molecule has 6 nitrogen and oxygen atoms in total. The molecule has 4 rings (SSSR count). The maximum Gasteiger partial charge on any atom is 0.271 e. The number of non-ortho nitro benzene ring substituents is 1. The molecule has 8 heteroatoms. The van der Waals surface area contributed by atoms with Crippen molar-refractivity contribution in [3.63, 3.8) is 0 Å². The summed E-state index contributed by atoms with van der Waals surface area (Å²) in [6.07, 6.45) is 1.49. The highest BCUT2D eigenvalue weighted by molar-refractivity contribution is 7.17. The van der Waals surface area contributed by atoms with Crippen LogP contribution in [0.5, 0.6) is 0 Å². The molecular formula is C20H15ClN4O2S. The smallest absolute Gasteiger partial charge is 0.271 e. The van der Waals surface area contributed by atoms with Gasteiger partial charge in [0.1, 0.15) is 17.0 Å². The third-order valence-electron chi connectivity index (χ3n) is 4.60. The number of benzene rings is 2. The van der Waals surface area contributed by atoms with Gasteiger partial charge in [-0.1, -0.05) is 29.8 Å². The Morgan fingerprint density at radius 2 is 1.93 bits per heavy atom. The minimum absolute atomic E-state index is 0.0604. The maximum absolute atomic E-state index is 10.9. The maximum atomic E-state index is 10.9. The molecule has 0 saturated carbocycles. The summed E-state index contributed by atoms with van der Waals surface area (Å²) < 4.78 is 0. The summed E-state index contributed by atoms with van der Waals surface area (Å²) in [6.45, 7) is 4.16. The molecule has 2 aromatic carbocycles. The molecule has 0 fully saturated rings. The number of nitro benzene ring substituents is 1. The highest BCUT2D eigenvalue weighted by Gasteiger charge is 2.16. The summed E-state index contributed by atoms with van der Waals surface area (Å²) >= 11 is 7.78. The van der Waals surface area contributed by atoms with E-state index in [1.165, 1.54) is 29.6 Å². The minimum Gasteiger partial charge on any atom is -0.338 e. The number of halogens is 1. The van der Waals surface area contributed by atoms with Gasteiger partial charge < -0.3 is 5.32 Å². The first-order chi connectivity index (χ1) is 13.4. The van der Waals surface area contributed by atoms with Crippen LogP contribution < -0.4 is 5.32 Å². The summed E-state index contributed by atoms with van der Waals surface area (Å²) in [7, 11) is 0. The Kier molecular flexibility index (Phi) is 4.70. The summed E-state index contributed by atoms with van der Waals surface area (Å²) in [5.41, 5.74) is 5.04. The molecule has 0 saturated heterocycles. The molecule has 140 valence electrons. The highest BCUT2D eigenvalue weighted by Crippen LogP contribution is 2.39. The van der Waals surface area contributed by atoms with Crippen LogP contribution in [0.4, 0.5) is 17.2 Å². The van der Waals surface area contributed by atoms with Crippen LogP contribution in [0.3, 0.4) is 0 Å². The zero-order valence-corrected chi connectivity index (χ0v) is 16.6. The van der Waals surface area contributed by atoms with Crippen molar-refractivity contribution in [1.82, 2.24) is 9.97 Å². The van der Waals surface area contributed by atoms with Crippen molar-refractivity contribution in [2.45, 2.75) is 13.8 Å². The predicted molar refractivity (Wildman–Crippen MR) is 114 cm³/mol. The number of hydrogen-bond donors (Lipinski definition) is 1. The Labute approximate surface area is 170 Å². The largest absolute Gasteiger partial charge is 0.338 e. The van der Waals surface area contributed by atoms with Gasteiger partial charge in [0, 0.05) is 23.1 Å². The quantitative estimate of drug-likeness (QED) is 0.316. The van der Waals surface area contributed by atoms with E-state index in [4.69, 9.17) is 11.6 Å². The van der Waals surface area contributed by atoms with Crippen LogP contribution in [-0.4, -0.2) is 14.9 Å². The molecule has 0 atom stereocenters. The van der Waals surface area contributed by atoms with Crippen molar-refractivity contribution >= 4 is 50.3 Å². The molecule has 0 aliphatic heterocycles. The molecule has 0 spiro atoms. The van der Waals surface area contributed by atoms with Gasteiger partial charge in [-0.05, 0) is 36.6 Å². The zero-order chi connectivity index (χ0) is 19.8. The fourth-order valence-corrected chi connectivity index (χ4v) is 4.08. The summed E-state index contributed by atoms with van der Waals surface area (Å²) in [4.78, 5) is 20.1. The number of hydrogen-bond acceptors (Lipinski definition) is 6. The Bertz CT molecular complexity index is 1220. The standard InChI is InChI=1S/C20H15ClN4O2S/c1-11-3-4-13(7-12(11)2)15-9-28-20-18(15)19(22-10-23-20)24-17-6-5-14(25(26)27)8-16(17)21/h3-10H,1-2H3,(H,22,23,24). The number of nitrogens with zero attached hydrogens (tertiary/aromatic N) is 3. The van der Waals surface area contributed by atoms with Gasteiger partial charge in [-0.2, -0.15) is 0 Å². The molecule has 4 aromatic rings. The van der Waals surface area contributed by atoms with Crippen molar-refractivity contribution in [2.24, 2.45) is 0 Å². The lowest BCUT2D eigenvalue weighted by Gasteiger charge is -2.10. The lowest BCUT2D eigenvalue weighted by molar-refractivity contribution is -0.384. The van der Waals surface area contributed by atoms with E-state index in [0.29, 0.717) is 11.5 Å². The van der Waals surface area contributed by atoms with Crippen molar-refractivity contribution in [2.75, 3.05) is 5.32 Å². The monoisotopic (exact) mass is 410 g/mol. The second-order valence-electron chi connectivity index (χ2n) is 6.40. The van der Waals surface area contributed by atoms with Gasteiger partial charge in [-0.3, -0.25) is 10.1 Å². The SMILES string of the molecule is Cc1ccc(-c2csc3ncnc(Nc4ccc([N+](=O)[O-])cc4Cl)c23)cc1C. The molecule has 0 aliphatic carbocycles. The number of nitro groups is 1. The van der Waals surface area contributed by atoms with Crippen LogP contribution in [0, 0.1) is 24.0 Å². The van der Waals surface area contributed by atoms with E-state index >= 15 is 0 Å². The number of aryl methyl sites for hydroxylation is 2. The van der Waals surface area contributed by atoms with Crippen LogP contribution in [0.15, 0.2) is 48.1 Å². The van der Waals surface area contributed by atoms with Crippen LogP contribution in [-0.2, 0) is 0 Å². The van der Waals surface area contributed by atoms with E-state index in [-0.39, 0.29) is 10.7 Å². The predicted octanol–water partition coefficient (Wildman–Crippen LogP) is 6.28. The third kappa shape index (κ3) is 3.30. The second kappa shape index (κ2) is 7.18. The number of fused-ring (bicyclic) bond motifs is 1. The average Bonchev–Trinajstić information content (AvgIpc) is 3.10. The normalized spacial score (nSPS) is 11.0. The first-order valence-electron chi connectivity index (χ1n) is 8.45. The van der Waals surface area contributed by atoms with Crippen LogP contribution in [0.2, 0.25) is 5.02 Å². The minimum atomic E-state index is -0.477. The number of thiophene rings is 1. The van der Waals surface area contributed by atoms with Crippen LogP contribution >= 0.6 is 22.9 Å². The molecular weight excluding hydrogens is 396 g/mol. The highest BCUT2D eigenvalue weighted by atomic mass is 35.5. The fourth-order valence-electron chi connectivity index (χ4n) is 2.94. The Balaban J connectivity index is 1.81. The third-order valence-corrected chi connectivity index (χ3v) is 5.80. The van der Waals surface area contributed by atoms with Crippen molar-refractivity contribution in [3.05, 3.63) is 74.4 Å². The van der Waals surface area contributed by atoms with Crippen molar-refractivity contribution in [3.8, 4) is 11.1 Å². The fraction of sp³-hybridized carbons (Fsp3) is 0.100. The van der Waals surface area contributed by atoms with Gasteiger partial charge in [0.25, 0.3) is 5.69 Å². The summed E-state index contributed by atoms with van der Waals surface area (Å²) in [5.74, 6) is 0.607. The van der Waals surface area contributed by atoms with E-state index in [1.807, 2.05) is 0 Å². The Morgan fingerprint density at radius 1 is 1.11 bits per heavy atom. The number of rotatable bonds is 4. The first kappa shape index (κ1) is 18.3. The molecule has 28 heavy (non-hydrogen) atoms. The number of aromatic nitrogens is 2. The van der Waals surface area contributed by atoms with Gasteiger partial charge in [0.15, 0.2) is 0 Å².